The van der Waals surface area contributed by atoms with Gasteiger partial charge < -0.3 is 9.84 Å². The minimum Gasteiger partial charge on any atom is -0.481 e. The van der Waals surface area contributed by atoms with Crippen LogP contribution in [0, 0.1) is 0 Å². The molecule has 140 valence electrons. The van der Waals surface area contributed by atoms with E-state index < -0.39 is 18.0 Å². The largest absolute Gasteiger partial charge is 0.481 e. The highest BCUT2D eigenvalue weighted by Crippen LogP contribution is 2.44. The summed E-state index contributed by atoms with van der Waals surface area (Å²) >= 11 is 0. The van der Waals surface area contributed by atoms with Crippen molar-refractivity contribution in [3.05, 3.63) is 59.7 Å². The summed E-state index contributed by atoms with van der Waals surface area (Å²) in [7, 11) is 0. The number of fused-ring (bicyclic) bond motifs is 3. The Labute approximate surface area is 156 Å². The molecule has 0 aromatic heterocycles. The minimum absolute atomic E-state index is 0.00988. The van der Waals surface area contributed by atoms with Crippen LogP contribution in [0.5, 0.6) is 0 Å². The molecule has 3 rings (SSSR count). The second kappa shape index (κ2) is 8.35. The zero-order valence-corrected chi connectivity index (χ0v) is 14.6. The summed E-state index contributed by atoms with van der Waals surface area (Å²) in [6, 6.07) is 16.0. The van der Waals surface area contributed by atoms with Crippen LogP contribution in [0.1, 0.15) is 36.3 Å². The van der Waals surface area contributed by atoms with Gasteiger partial charge in [0.25, 0.3) is 0 Å². The molecular weight excluding hydrogens is 348 g/mol. The number of rotatable bonds is 6. The summed E-state index contributed by atoms with van der Waals surface area (Å²) in [5, 5.41) is 8.54. The van der Waals surface area contributed by atoms with E-state index in [2.05, 4.69) is 10.9 Å². The number of carbonyl (C=O) groups excluding carboxylic acids is 2. The third kappa shape index (κ3) is 4.44. The van der Waals surface area contributed by atoms with E-state index in [4.69, 9.17) is 9.84 Å². The van der Waals surface area contributed by atoms with Gasteiger partial charge in [0.1, 0.15) is 6.61 Å². The van der Waals surface area contributed by atoms with Crippen molar-refractivity contribution in [2.45, 2.75) is 25.2 Å². The summed E-state index contributed by atoms with van der Waals surface area (Å²) < 4.78 is 5.27. The molecule has 2 aromatic carbocycles. The minimum atomic E-state index is -0.965. The SMILES string of the molecule is O=C(O)CCCC(=O)NNC(=O)OCC1c2ccccc2-c2ccccc21. The van der Waals surface area contributed by atoms with E-state index in [-0.39, 0.29) is 31.8 Å². The first-order valence-electron chi connectivity index (χ1n) is 8.68. The van der Waals surface area contributed by atoms with Crippen molar-refractivity contribution in [1.82, 2.24) is 10.9 Å². The van der Waals surface area contributed by atoms with Crippen molar-refractivity contribution >= 4 is 18.0 Å². The summed E-state index contributed by atoms with van der Waals surface area (Å²) in [6.07, 6.45) is -0.648. The second-order valence-corrected chi connectivity index (χ2v) is 6.25. The maximum atomic E-state index is 11.9. The van der Waals surface area contributed by atoms with Crippen molar-refractivity contribution < 1.29 is 24.2 Å². The molecule has 7 nitrogen and oxygen atoms in total. The number of carboxylic acids is 1. The molecule has 3 N–H and O–H groups in total. The van der Waals surface area contributed by atoms with Gasteiger partial charge in [-0.05, 0) is 28.7 Å². The van der Waals surface area contributed by atoms with E-state index in [0.29, 0.717) is 0 Å². The van der Waals surface area contributed by atoms with Gasteiger partial charge in [-0.15, -0.1) is 0 Å². The molecule has 0 saturated heterocycles. The molecule has 27 heavy (non-hydrogen) atoms. The quantitative estimate of drug-likeness (QED) is 0.680. The average Bonchev–Trinajstić information content (AvgIpc) is 2.98. The van der Waals surface area contributed by atoms with Gasteiger partial charge >= 0.3 is 12.1 Å². The van der Waals surface area contributed by atoms with Crippen LogP contribution in [0.4, 0.5) is 4.79 Å². The number of aliphatic carboxylic acids is 1. The molecule has 0 fully saturated rings. The van der Waals surface area contributed by atoms with Gasteiger partial charge in [-0.2, -0.15) is 0 Å². The standard InChI is InChI=1S/C20H20N2O5/c23-18(10-5-11-19(24)25)21-22-20(26)27-12-17-15-8-3-1-6-13(15)14-7-2-4-9-16(14)17/h1-4,6-9,17H,5,10-12H2,(H,21,23)(H,22,26)(H,24,25). The van der Waals surface area contributed by atoms with Crippen LogP contribution < -0.4 is 10.9 Å². The van der Waals surface area contributed by atoms with Crippen molar-refractivity contribution in [2.24, 2.45) is 0 Å². The molecule has 0 atom stereocenters. The molecule has 0 bridgehead atoms. The van der Waals surface area contributed by atoms with Crippen LogP contribution in [-0.4, -0.2) is 29.7 Å². The molecule has 2 aromatic rings. The van der Waals surface area contributed by atoms with Crippen molar-refractivity contribution in [3.8, 4) is 11.1 Å². The number of carboxylic acid groups (broad SMARTS) is 1. The van der Waals surface area contributed by atoms with Crippen LogP contribution in [-0.2, 0) is 14.3 Å². The topological polar surface area (TPSA) is 105 Å². The van der Waals surface area contributed by atoms with Gasteiger partial charge in [0.05, 0.1) is 0 Å². The smallest absolute Gasteiger partial charge is 0.426 e. The van der Waals surface area contributed by atoms with E-state index in [0.717, 1.165) is 22.3 Å². The predicted molar refractivity (Wildman–Crippen MR) is 97.8 cm³/mol. The molecule has 7 heteroatoms. The third-order valence-corrected chi connectivity index (χ3v) is 4.44. The first-order valence-corrected chi connectivity index (χ1v) is 8.68. The second-order valence-electron chi connectivity index (χ2n) is 6.25. The number of hydrazine groups is 1. The molecule has 1 aliphatic carbocycles. The molecule has 0 radical (unpaired) electrons. The maximum Gasteiger partial charge on any atom is 0.426 e. The van der Waals surface area contributed by atoms with Gasteiger partial charge in [-0.1, -0.05) is 48.5 Å². The van der Waals surface area contributed by atoms with Crippen LogP contribution in [0.15, 0.2) is 48.5 Å². The monoisotopic (exact) mass is 368 g/mol. The van der Waals surface area contributed by atoms with Gasteiger partial charge in [0.15, 0.2) is 0 Å². The van der Waals surface area contributed by atoms with Crippen LogP contribution in [0.2, 0.25) is 0 Å². The molecule has 0 saturated carbocycles. The zero-order chi connectivity index (χ0) is 19.2. The first-order chi connectivity index (χ1) is 13.1. The van der Waals surface area contributed by atoms with E-state index in [9.17, 15) is 14.4 Å². The maximum absolute atomic E-state index is 11.9. The molecule has 2 amide bonds. The summed E-state index contributed by atoms with van der Waals surface area (Å²) in [4.78, 5) is 33.8. The molecule has 0 heterocycles. The van der Waals surface area contributed by atoms with E-state index in [1.165, 1.54) is 0 Å². The number of benzene rings is 2. The highest BCUT2D eigenvalue weighted by molar-refractivity contribution is 5.80. The Morgan fingerprint density at radius 1 is 0.889 bits per heavy atom. The number of carbonyl (C=O) groups is 3. The Morgan fingerprint density at radius 3 is 2.07 bits per heavy atom. The fourth-order valence-corrected chi connectivity index (χ4v) is 3.22. The number of hydrogen-bond donors (Lipinski definition) is 3. The van der Waals surface area contributed by atoms with Gasteiger partial charge in [0.2, 0.25) is 5.91 Å². The summed E-state index contributed by atoms with van der Waals surface area (Å²) in [6.45, 7) is 0.148. The van der Waals surface area contributed by atoms with Gasteiger partial charge in [-0.3, -0.25) is 15.0 Å². The van der Waals surface area contributed by atoms with Crippen molar-refractivity contribution in [3.63, 3.8) is 0 Å². The van der Waals surface area contributed by atoms with Gasteiger partial charge in [-0.25, -0.2) is 10.2 Å². The molecule has 0 aliphatic heterocycles. The van der Waals surface area contributed by atoms with E-state index >= 15 is 0 Å². The normalized spacial score (nSPS) is 12.0. The molecule has 0 unspecified atom stereocenters. The van der Waals surface area contributed by atoms with Crippen LogP contribution >= 0.6 is 0 Å². The van der Waals surface area contributed by atoms with Crippen LogP contribution in [0.25, 0.3) is 11.1 Å². The molecule has 1 aliphatic rings. The number of amides is 2. The van der Waals surface area contributed by atoms with Crippen LogP contribution in [0.3, 0.4) is 0 Å². The predicted octanol–water partition coefficient (Wildman–Crippen LogP) is 2.81. The lowest BCUT2D eigenvalue weighted by atomic mass is 9.98. The fraction of sp³-hybridized carbons (Fsp3) is 0.250. The zero-order valence-electron chi connectivity index (χ0n) is 14.6. The Morgan fingerprint density at radius 2 is 1.48 bits per heavy atom. The molecule has 0 spiro atoms. The lowest BCUT2D eigenvalue weighted by molar-refractivity contribution is -0.137. The van der Waals surface area contributed by atoms with Crippen molar-refractivity contribution in [1.29, 1.82) is 0 Å². The highest BCUT2D eigenvalue weighted by atomic mass is 16.6. The summed E-state index contributed by atoms with van der Waals surface area (Å²) in [5.74, 6) is -1.49. The lowest BCUT2D eigenvalue weighted by Gasteiger charge is -2.14. The Kier molecular flexibility index (Phi) is 5.71. The first kappa shape index (κ1) is 18.4. The Balaban J connectivity index is 1.52. The third-order valence-electron chi connectivity index (χ3n) is 4.44. The van der Waals surface area contributed by atoms with E-state index in [1.54, 1.807) is 0 Å². The number of nitrogens with one attached hydrogen (secondary N) is 2. The average molecular weight is 368 g/mol. The highest BCUT2D eigenvalue weighted by Gasteiger charge is 2.28. The van der Waals surface area contributed by atoms with Crippen molar-refractivity contribution in [2.75, 3.05) is 6.61 Å². The Bertz CT molecular complexity index is 819. The number of hydrogen-bond acceptors (Lipinski definition) is 4. The molecular formula is C20H20N2O5. The number of ether oxygens (including phenoxy) is 1. The van der Waals surface area contributed by atoms with E-state index in [1.807, 2.05) is 48.5 Å². The van der Waals surface area contributed by atoms with Gasteiger partial charge in [0, 0.05) is 18.8 Å². The fourth-order valence-electron chi connectivity index (χ4n) is 3.22. The summed E-state index contributed by atoms with van der Waals surface area (Å²) in [5.41, 5.74) is 8.87. The Hall–Kier alpha value is -3.35. The lowest BCUT2D eigenvalue weighted by Crippen LogP contribution is -2.42.